The Morgan fingerprint density at radius 2 is 1.61 bits per heavy atom. The second-order valence-corrected chi connectivity index (χ2v) is 8.38. The maximum atomic E-state index is 13.2. The topological polar surface area (TPSA) is 120 Å². The average molecular weight is 460 g/mol. The lowest BCUT2D eigenvalue weighted by atomic mass is 10.0. The zero-order chi connectivity index (χ0) is 23.6. The van der Waals surface area contributed by atoms with Crippen molar-refractivity contribution >= 4 is 23.3 Å². The van der Waals surface area contributed by atoms with Gasteiger partial charge >= 0.3 is 0 Å². The van der Waals surface area contributed by atoms with Gasteiger partial charge < -0.3 is 11.1 Å². The molecule has 33 heavy (non-hydrogen) atoms. The van der Waals surface area contributed by atoms with Gasteiger partial charge in [-0.1, -0.05) is 41.9 Å². The van der Waals surface area contributed by atoms with Crippen LogP contribution in [0.5, 0.6) is 0 Å². The number of nitrogens with two attached hydrogens (primary N) is 1. The van der Waals surface area contributed by atoms with Gasteiger partial charge in [-0.3, -0.25) is 4.79 Å². The van der Waals surface area contributed by atoms with Gasteiger partial charge in [0.25, 0.3) is 5.91 Å². The smallest absolute Gasteiger partial charge is 0.274 e. The predicted molar refractivity (Wildman–Crippen MR) is 127 cm³/mol. The van der Waals surface area contributed by atoms with Crippen LogP contribution >= 0.6 is 11.6 Å². The van der Waals surface area contributed by atoms with E-state index in [1.54, 1.807) is 38.4 Å². The fraction of sp³-hybridized carbons (Fsp3) is 0.167. The second kappa shape index (κ2) is 8.91. The molecule has 0 aliphatic heterocycles. The minimum absolute atomic E-state index is 0.000671. The Hall–Kier alpha value is -3.91. The lowest BCUT2D eigenvalue weighted by Crippen LogP contribution is -2.43. The van der Waals surface area contributed by atoms with E-state index in [0.29, 0.717) is 33.6 Å². The number of rotatable bonds is 5. The Labute approximate surface area is 196 Å². The minimum Gasteiger partial charge on any atom is -0.382 e. The largest absolute Gasteiger partial charge is 0.382 e. The van der Waals surface area contributed by atoms with Crippen LogP contribution in [-0.4, -0.2) is 30.8 Å². The third-order valence-electron chi connectivity index (χ3n) is 4.93. The number of carbonyl (C=O) groups excluding carboxylic acids is 1. The first kappa shape index (κ1) is 22.3. The Bertz CT molecular complexity index is 1290. The van der Waals surface area contributed by atoms with Gasteiger partial charge in [0.1, 0.15) is 5.15 Å². The highest BCUT2D eigenvalue weighted by Gasteiger charge is 2.29. The fourth-order valence-corrected chi connectivity index (χ4v) is 3.65. The highest BCUT2D eigenvalue weighted by atomic mass is 35.5. The monoisotopic (exact) mass is 459 g/mol. The number of hydrogen-bond acceptors (Lipinski definition) is 7. The molecule has 0 radical (unpaired) electrons. The SMILES string of the molecule is Cc1cc(-c2nc(C(=O)NC(C)(C)c3ncccn3)c(N)nc2-c2ccccc2)cc(Cl)n1. The van der Waals surface area contributed by atoms with E-state index >= 15 is 0 Å². The summed E-state index contributed by atoms with van der Waals surface area (Å²) in [7, 11) is 0. The molecule has 0 unspecified atom stereocenters. The zero-order valence-electron chi connectivity index (χ0n) is 18.4. The zero-order valence-corrected chi connectivity index (χ0v) is 19.1. The van der Waals surface area contributed by atoms with Crippen molar-refractivity contribution in [1.29, 1.82) is 0 Å². The maximum Gasteiger partial charge on any atom is 0.274 e. The molecule has 3 N–H and O–H groups in total. The number of hydrogen-bond donors (Lipinski definition) is 2. The third-order valence-corrected chi connectivity index (χ3v) is 5.13. The van der Waals surface area contributed by atoms with Crippen LogP contribution < -0.4 is 11.1 Å². The molecule has 1 aromatic carbocycles. The van der Waals surface area contributed by atoms with E-state index in [0.717, 1.165) is 5.56 Å². The number of pyridine rings is 1. The molecule has 9 heteroatoms. The minimum atomic E-state index is -0.860. The fourth-order valence-electron chi connectivity index (χ4n) is 3.40. The van der Waals surface area contributed by atoms with Crippen LogP contribution in [0, 0.1) is 6.92 Å². The Balaban J connectivity index is 1.82. The average Bonchev–Trinajstić information content (AvgIpc) is 2.79. The Morgan fingerprint density at radius 1 is 0.939 bits per heavy atom. The van der Waals surface area contributed by atoms with Crippen LogP contribution in [0.25, 0.3) is 22.5 Å². The molecule has 166 valence electrons. The molecule has 0 atom stereocenters. The van der Waals surface area contributed by atoms with Gasteiger partial charge in [0, 0.05) is 29.2 Å². The van der Waals surface area contributed by atoms with E-state index in [1.165, 1.54) is 0 Å². The molecule has 3 aromatic heterocycles. The molecule has 0 aliphatic rings. The van der Waals surface area contributed by atoms with Crippen molar-refractivity contribution in [2.24, 2.45) is 0 Å². The summed E-state index contributed by atoms with van der Waals surface area (Å²) in [6, 6.07) is 14.7. The van der Waals surface area contributed by atoms with Crippen molar-refractivity contribution in [3.05, 3.63) is 83.3 Å². The van der Waals surface area contributed by atoms with Gasteiger partial charge in [-0.2, -0.15) is 0 Å². The van der Waals surface area contributed by atoms with Crippen molar-refractivity contribution < 1.29 is 4.79 Å². The van der Waals surface area contributed by atoms with E-state index in [-0.39, 0.29) is 11.5 Å². The van der Waals surface area contributed by atoms with E-state index in [9.17, 15) is 4.79 Å². The Morgan fingerprint density at radius 3 is 2.27 bits per heavy atom. The van der Waals surface area contributed by atoms with E-state index in [4.69, 9.17) is 17.3 Å². The molecule has 3 heterocycles. The molecule has 0 fully saturated rings. The van der Waals surface area contributed by atoms with Gasteiger partial charge in [-0.05, 0) is 39.0 Å². The molecule has 0 bridgehead atoms. The molecular formula is C24H22ClN7O. The molecular weight excluding hydrogens is 438 g/mol. The van der Waals surface area contributed by atoms with Gasteiger partial charge in [-0.25, -0.2) is 24.9 Å². The first-order valence-corrected chi connectivity index (χ1v) is 10.6. The molecule has 1 amide bonds. The molecule has 0 spiro atoms. The summed E-state index contributed by atoms with van der Waals surface area (Å²) < 4.78 is 0. The van der Waals surface area contributed by atoms with Crippen molar-refractivity contribution in [2.75, 3.05) is 5.73 Å². The first-order chi connectivity index (χ1) is 15.7. The molecule has 8 nitrogen and oxygen atoms in total. The van der Waals surface area contributed by atoms with Crippen molar-refractivity contribution in [1.82, 2.24) is 30.2 Å². The molecule has 0 aliphatic carbocycles. The van der Waals surface area contributed by atoms with Crippen molar-refractivity contribution in [2.45, 2.75) is 26.3 Å². The van der Waals surface area contributed by atoms with Gasteiger partial charge in [0.2, 0.25) is 0 Å². The highest BCUT2D eigenvalue weighted by Crippen LogP contribution is 2.32. The first-order valence-electron chi connectivity index (χ1n) is 10.2. The number of halogens is 1. The number of benzene rings is 1. The van der Waals surface area contributed by atoms with Gasteiger partial charge in [0.15, 0.2) is 17.3 Å². The lowest BCUT2D eigenvalue weighted by Gasteiger charge is -2.24. The van der Waals surface area contributed by atoms with Crippen LogP contribution in [0.15, 0.2) is 60.9 Å². The van der Waals surface area contributed by atoms with Gasteiger partial charge in [-0.15, -0.1) is 0 Å². The summed E-state index contributed by atoms with van der Waals surface area (Å²) in [6.45, 7) is 5.43. The number of nitrogens with one attached hydrogen (secondary N) is 1. The molecule has 4 aromatic rings. The number of nitrogens with zero attached hydrogens (tertiary/aromatic N) is 5. The van der Waals surface area contributed by atoms with Crippen LogP contribution in [0.1, 0.15) is 35.9 Å². The van der Waals surface area contributed by atoms with Crippen LogP contribution in [0.4, 0.5) is 5.82 Å². The predicted octanol–water partition coefficient (Wildman–Crippen LogP) is 4.20. The molecule has 4 rings (SSSR count). The number of aryl methyl sites for hydroxylation is 1. The highest BCUT2D eigenvalue weighted by molar-refractivity contribution is 6.29. The third kappa shape index (κ3) is 4.80. The normalized spacial score (nSPS) is 11.3. The molecule has 0 saturated heterocycles. The summed E-state index contributed by atoms with van der Waals surface area (Å²) in [6.07, 6.45) is 3.24. The van der Waals surface area contributed by atoms with Crippen LogP contribution in [0.3, 0.4) is 0 Å². The van der Waals surface area contributed by atoms with Crippen LogP contribution in [0.2, 0.25) is 5.15 Å². The Kier molecular flexibility index (Phi) is 6.02. The summed E-state index contributed by atoms with van der Waals surface area (Å²) in [5.41, 5.74) is 8.57. The molecule has 0 saturated carbocycles. The van der Waals surface area contributed by atoms with E-state index in [1.807, 2.05) is 43.3 Å². The van der Waals surface area contributed by atoms with E-state index < -0.39 is 11.4 Å². The lowest BCUT2D eigenvalue weighted by molar-refractivity contribution is 0.0904. The van der Waals surface area contributed by atoms with Gasteiger partial charge in [0.05, 0.1) is 16.9 Å². The number of carbonyl (C=O) groups is 1. The summed E-state index contributed by atoms with van der Waals surface area (Å²) in [5, 5.41) is 3.22. The van der Waals surface area contributed by atoms with E-state index in [2.05, 4.69) is 30.2 Å². The number of anilines is 1. The van der Waals surface area contributed by atoms with Crippen molar-refractivity contribution in [3.63, 3.8) is 0 Å². The number of aromatic nitrogens is 5. The maximum absolute atomic E-state index is 13.2. The number of nitrogen functional groups attached to an aromatic ring is 1. The van der Waals surface area contributed by atoms with Crippen molar-refractivity contribution in [3.8, 4) is 22.5 Å². The summed E-state index contributed by atoms with van der Waals surface area (Å²) >= 11 is 6.21. The summed E-state index contributed by atoms with van der Waals surface area (Å²) in [5.74, 6) is -0.0190. The quantitative estimate of drug-likeness (QED) is 0.429. The second-order valence-electron chi connectivity index (χ2n) is 7.99. The standard InChI is InChI=1S/C24H22ClN7O/c1-14-12-16(13-17(25)29-14)19-18(15-8-5-4-6-9-15)31-21(26)20(30-19)22(33)32-24(2,3)23-27-10-7-11-28-23/h4-13H,1-3H3,(H2,26,31)(H,32,33). The van der Waals surface area contributed by atoms with Crippen LogP contribution in [-0.2, 0) is 5.54 Å². The number of amides is 1. The summed E-state index contributed by atoms with van der Waals surface area (Å²) in [4.78, 5) is 35.2.